The quantitative estimate of drug-likeness (QED) is 0.598. The number of ether oxygens (including phenoxy) is 1. The van der Waals surface area contributed by atoms with Gasteiger partial charge in [-0.05, 0) is 6.07 Å². The fourth-order valence-electron chi connectivity index (χ4n) is 1.47. The molecule has 2 nitrogen and oxygen atoms in total. The van der Waals surface area contributed by atoms with Gasteiger partial charge in [0.05, 0.1) is 6.04 Å². The summed E-state index contributed by atoms with van der Waals surface area (Å²) in [6, 6.07) is 7.86. The van der Waals surface area contributed by atoms with Crippen LogP contribution in [0.1, 0.15) is 11.6 Å². The average Bonchev–Trinajstić information content (AvgIpc) is 2.39. The van der Waals surface area contributed by atoms with Crippen molar-refractivity contribution in [3.8, 4) is 18.1 Å². The Hall–Kier alpha value is -1.46. The van der Waals surface area contributed by atoms with E-state index in [1.165, 1.54) is 0 Å². The predicted molar refractivity (Wildman–Crippen MR) is 51.5 cm³/mol. The lowest BCUT2D eigenvalue weighted by molar-refractivity contribution is 0.325. The summed E-state index contributed by atoms with van der Waals surface area (Å²) < 4.78 is 5.52. The lowest BCUT2D eigenvalue weighted by Gasteiger charge is -2.10. The lowest BCUT2D eigenvalue weighted by Crippen LogP contribution is -2.21. The summed E-state index contributed by atoms with van der Waals surface area (Å²) in [5.74, 6) is 3.61. The third-order valence-corrected chi connectivity index (χ3v) is 2.10. The molecule has 1 aliphatic rings. The molecule has 0 amide bonds. The van der Waals surface area contributed by atoms with E-state index < -0.39 is 0 Å². The smallest absolute Gasteiger partial charge is 0.125 e. The molecule has 0 saturated heterocycles. The van der Waals surface area contributed by atoms with Gasteiger partial charge in [-0.15, -0.1) is 6.42 Å². The molecule has 0 saturated carbocycles. The zero-order valence-corrected chi connectivity index (χ0v) is 7.29. The van der Waals surface area contributed by atoms with E-state index in [1.807, 2.05) is 24.3 Å². The molecule has 13 heavy (non-hydrogen) atoms. The second-order valence-electron chi connectivity index (χ2n) is 2.94. The van der Waals surface area contributed by atoms with Gasteiger partial charge < -0.3 is 4.74 Å². The van der Waals surface area contributed by atoms with Crippen LogP contribution < -0.4 is 10.1 Å². The van der Waals surface area contributed by atoms with E-state index in [0.29, 0.717) is 6.61 Å². The van der Waals surface area contributed by atoms with E-state index in [1.54, 1.807) is 0 Å². The number of para-hydroxylation sites is 1. The Labute approximate surface area is 77.9 Å². The van der Waals surface area contributed by atoms with E-state index in [2.05, 4.69) is 11.2 Å². The molecular weight excluding hydrogens is 162 g/mol. The van der Waals surface area contributed by atoms with Gasteiger partial charge >= 0.3 is 0 Å². The highest BCUT2D eigenvalue weighted by atomic mass is 16.5. The van der Waals surface area contributed by atoms with Gasteiger partial charge in [-0.1, -0.05) is 24.1 Å². The van der Waals surface area contributed by atoms with E-state index in [-0.39, 0.29) is 6.04 Å². The van der Waals surface area contributed by atoms with Crippen LogP contribution in [0.2, 0.25) is 0 Å². The molecule has 0 bridgehead atoms. The molecule has 1 heterocycles. The van der Waals surface area contributed by atoms with Crippen LogP contribution >= 0.6 is 0 Å². The third kappa shape index (κ3) is 1.51. The molecule has 2 rings (SSSR count). The SMILES string of the molecule is C#CC1NCCOc2ccccc21. The third-order valence-electron chi connectivity index (χ3n) is 2.10. The molecule has 1 unspecified atom stereocenters. The molecule has 1 N–H and O–H groups in total. The van der Waals surface area contributed by atoms with Gasteiger partial charge in [-0.25, -0.2) is 0 Å². The maximum absolute atomic E-state index is 5.52. The summed E-state index contributed by atoms with van der Waals surface area (Å²) in [6.07, 6.45) is 5.42. The molecule has 0 aromatic heterocycles. The Morgan fingerprint density at radius 2 is 2.31 bits per heavy atom. The normalized spacial score (nSPS) is 20.7. The molecule has 1 aromatic carbocycles. The van der Waals surface area contributed by atoms with Crippen LogP contribution in [0.25, 0.3) is 0 Å². The number of nitrogens with one attached hydrogen (secondary N) is 1. The molecule has 66 valence electrons. The van der Waals surface area contributed by atoms with Crippen molar-refractivity contribution in [2.45, 2.75) is 6.04 Å². The highest BCUT2D eigenvalue weighted by Crippen LogP contribution is 2.25. The van der Waals surface area contributed by atoms with Crippen LogP contribution in [0.5, 0.6) is 5.75 Å². The van der Waals surface area contributed by atoms with Crippen molar-refractivity contribution in [1.29, 1.82) is 0 Å². The largest absolute Gasteiger partial charge is 0.492 e. The number of terminal acetylenes is 1. The highest BCUT2D eigenvalue weighted by Gasteiger charge is 2.15. The molecular formula is C11H11NO. The minimum Gasteiger partial charge on any atom is -0.492 e. The fraction of sp³-hybridized carbons (Fsp3) is 0.273. The predicted octanol–water partition coefficient (Wildman–Crippen LogP) is 1.34. The monoisotopic (exact) mass is 173 g/mol. The Balaban J connectivity index is 2.43. The van der Waals surface area contributed by atoms with E-state index in [0.717, 1.165) is 17.9 Å². The number of benzene rings is 1. The molecule has 0 spiro atoms. The van der Waals surface area contributed by atoms with Gasteiger partial charge in [-0.3, -0.25) is 5.32 Å². The van der Waals surface area contributed by atoms with Crippen LogP contribution in [0.4, 0.5) is 0 Å². The lowest BCUT2D eigenvalue weighted by atomic mass is 10.1. The first kappa shape index (κ1) is 8.15. The number of hydrogen-bond acceptors (Lipinski definition) is 2. The van der Waals surface area contributed by atoms with Gasteiger partial charge in [0, 0.05) is 12.1 Å². The fourth-order valence-corrected chi connectivity index (χ4v) is 1.47. The maximum atomic E-state index is 5.52. The van der Waals surface area contributed by atoms with Crippen molar-refractivity contribution < 1.29 is 4.74 Å². The van der Waals surface area contributed by atoms with Crippen molar-refractivity contribution in [2.24, 2.45) is 0 Å². The standard InChI is InChI=1S/C11H11NO/c1-2-10-9-5-3-4-6-11(9)13-8-7-12-10/h1,3-6,10,12H,7-8H2. The van der Waals surface area contributed by atoms with Crippen LogP contribution in [0.15, 0.2) is 24.3 Å². The topological polar surface area (TPSA) is 21.3 Å². The van der Waals surface area contributed by atoms with Crippen molar-refractivity contribution in [3.05, 3.63) is 29.8 Å². The Morgan fingerprint density at radius 3 is 3.15 bits per heavy atom. The summed E-state index contributed by atoms with van der Waals surface area (Å²) in [5.41, 5.74) is 1.06. The van der Waals surface area contributed by atoms with Gasteiger partial charge in [-0.2, -0.15) is 0 Å². The van der Waals surface area contributed by atoms with Crippen molar-refractivity contribution in [2.75, 3.05) is 13.2 Å². The first-order valence-corrected chi connectivity index (χ1v) is 4.33. The zero-order chi connectivity index (χ0) is 9.10. The second-order valence-corrected chi connectivity index (χ2v) is 2.94. The van der Waals surface area contributed by atoms with Crippen LogP contribution in [0.3, 0.4) is 0 Å². The molecule has 0 aliphatic carbocycles. The van der Waals surface area contributed by atoms with E-state index >= 15 is 0 Å². The van der Waals surface area contributed by atoms with E-state index in [4.69, 9.17) is 11.2 Å². The molecule has 1 aromatic rings. The van der Waals surface area contributed by atoms with Crippen LogP contribution in [0, 0.1) is 12.3 Å². The molecule has 0 radical (unpaired) electrons. The van der Waals surface area contributed by atoms with Gasteiger partial charge in [0.2, 0.25) is 0 Å². The first-order valence-electron chi connectivity index (χ1n) is 4.33. The summed E-state index contributed by atoms with van der Waals surface area (Å²) in [5, 5.41) is 3.23. The van der Waals surface area contributed by atoms with Gasteiger partial charge in [0.25, 0.3) is 0 Å². The maximum Gasteiger partial charge on any atom is 0.125 e. The highest BCUT2D eigenvalue weighted by molar-refractivity contribution is 5.39. The molecule has 1 atom stereocenters. The zero-order valence-electron chi connectivity index (χ0n) is 7.29. The number of fused-ring (bicyclic) bond motifs is 1. The number of hydrogen-bond donors (Lipinski definition) is 1. The molecule has 0 fully saturated rings. The Bertz CT molecular complexity index is 340. The summed E-state index contributed by atoms with van der Waals surface area (Å²) in [4.78, 5) is 0. The Kier molecular flexibility index (Phi) is 2.20. The molecule has 2 heteroatoms. The van der Waals surface area contributed by atoms with Gasteiger partial charge in [0.15, 0.2) is 0 Å². The molecule has 1 aliphatic heterocycles. The first-order chi connectivity index (χ1) is 6.42. The van der Waals surface area contributed by atoms with Crippen molar-refractivity contribution in [1.82, 2.24) is 5.32 Å². The van der Waals surface area contributed by atoms with Gasteiger partial charge in [0.1, 0.15) is 12.4 Å². The summed E-state index contributed by atoms with van der Waals surface area (Å²) in [6.45, 7) is 1.47. The van der Waals surface area contributed by atoms with Crippen molar-refractivity contribution in [3.63, 3.8) is 0 Å². The summed E-state index contributed by atoms with van der Waals surface area (Å²) >= 11 is 0. The summed E-state index contributed by atoms with van der Waals surface area (Å²) in [7, 11) is 0. The number of rotatable bonds is 0. The minimum absolute atomic E-state index is 0.0151. The van der Waals surface area contributed by atoms with Crippen LogP contribution in [-0.4, -0.2) is 13.2 Å². The second kappa shape index (κ2) is 3.51. The van der Waals surface area contributed by atoms with Crippen LogP contribution in [-0.2, 0) is 0 Å². The Morgan fingerprint density at radius 1 is 1.46 bits per heavy atom. The average molecular weight is 173 g/mol. The minimum atomic E-state index is -0.0151. The van der Waals surface area contributed by atoms with Crippen molar-refractivity contribution >= 4 is 0 Å². The van der Waals surface area contributed by atoms with E-state index in [9.17, 15) is 0 Å².